The number of rotatable bonds is 7. The van der Waals surface area contributed by atoms with Gasteiger partial charge in [-0.25, -0.2) is 0 Å². The summed E-state index contributed by atoms with van der Waals surface area (Å²) in [6.45, 7) is 5.18. The Morgan fingerprint density at radius 2 is 1.96 bits per heavy atom. The fourth-order valence-electron chi connectivity index (χ4n) is 3.20. The quantitative estimate of drug-likeness (QED) is 0.606. The normalized spacial score (nSPS) is 15.7. The van der Waals surface area contributed by atoms with Crippen LogP contribution in [0.5, 0.6) is 11.5 Å². The van der Waals surface area contributed by atoms with Crippen molar-refractivity contribution in [3.05, 3.63) is 47.7 Å². The molecule has 7 heteroatoms. The van der Waals surface area contributed by atoms with Crippen LogP contribution in [0, 0.1) is 0 Å². The summed E-state index contributed by atoms with van der Waals surface area (Å²) in [7, 11) is 0. The number of ether oxygens (including phenoxy) is 2. The van der Waals surface area contributed by atoms with Gasteiger partial charge in [-0.2, -0.15) is 4.98 Å². The molecule has 0 amide bonds. The number of hydrogen-bond acceptors (Lipinski definition) is 7. The first-order valence-corrected chi connectivity index (χ1v) is 10.2. The van der Waals surface area contributed by atoms with Gasteiger partial charge in [0.15, 0.2) is 11.5 Å². The molecule has 1 aliphatic heterocycles. The Bertz CT molecular complexity index is 842. The zero-order valence-electron chi connectivity index (χ0n) is 15.3. The number of aromatic nitrogens is 2. The van der Waals surface area contributed by atoms with Crippen molar-refractivity contribution in [1.29, 1.82) is 0 Å². The third-order valence-corrected chi connectivity index (χ3v) is 5.41. The molecule has 0 N–H and O–H groups in total. The Kier molecular flexibility index (Phi) is 5.69. The first kappa shape index (κ1) is 18.0. The first-order chi connectivity index (χ1) is 13.3. The Morgan fingerprint density at radius 1 is 1.15 bits per heavy atom. The van der Waals surface area contributed by atoms with Gasteiger partial charge in [-0.3, -0.25) is 4.90 Å². The number of nitrogens with zero attached hydrogens (tertiary/aromatic N) is 3. The zero-order chi connectivity index (χ0) is 18.5. The maximum Gasteiger partial charge on any atom is 0.241 e. The summed E-state index contributed by atoms with van der Waals surface area (Å²) in [5.74, 6) is 2.98. The van der Waals surface area contributed by atoms with Crippen LogP contribution in [-0.4, -0.2) is 40.8 Å². The third kappa shape index (κ3) is 4.48. The highest BCUT2D eigenvalue weighted by Gasteiger charge is 2.23. The molecule has 0 bridgehead atoms. The summed E-state index contributed by atoms with van der Waals surface area (Å²) in [4.78, 5) is 7.87. The van der Waals surface area contributed by atoms with Gasteiger partial charge in [0.05, 0.1) is 18.0 Å². The van der Waals surface area contributed by atoms with E-state index in [4.69, 9.17) is 14.0 Å². The average molecular weight is 385 g/mol. The number of thiophene rings is 1. The van der Waals surface area contributed by atoms with E-state index in [2.05, 4.69) is 15.0 Å². The van der Waals surface area contributed by atoms with Crippen molar-refractivity contribution in [3.8, 4) is 22.2 Å². The Labute approximate surface area is 162 Å². The van der Waals surface area contributed by atoms with Crippen molar-refractivity contribution in [2.75, 3.05) is 19.7 Å². The van der Waals surface area contributed by atoms with E-state index in [-0.39, 0.29) is 6.10 Å². The van der Waals surface area contributed by atoms with Crippen LogP contribution < -0.4 is 9.47 Å². The molecular formula is C20H23N3O3S. The van der Waals surface area contributed by atoms with Crippen LogP contribution in [0.3, 0.4) is 0 Å². The van der Waals surface area contributed by atoms with Gasteiger partial charge >= 0.3 is 0 Å². The van der Waals surface area contributed by atoms with E-state index in [0.29, 0.717) is 24.9 Å². The fraction of sp³-hybridized carbons (Fsp3) is 0.400. The second-order valence-corrected chi connectivity index (χ2v) is 7.41. The first-order valence-electron chi connectivity index (χ1n) is 9.29. The second kappa shape index (κ2) is 8.54. The lowest BCUT2D eigenvalue weighted by Crippen LogP contribution is -2.37. The van der Waals surface area contributed by atoms with E-state index in [9.17, 15) is 0 Å². The molecule has 27 heavy (non-hydrogen) atoms. The van der Waals surface area contributed by atoms with E-state index in [0.717, 1.165) is 42.3 Å². The molecule has 2 aromatic heterocycles. The number of hydrogen-bond donors (Lipinski definition) is 0. The molecule has 1 aromatic carbocycles. The maximum atomic E-state index is 6.19. The average Bonchev–Trinajstić information content (AvgIpc) is 3.37. The SMILES string of the molecule is CCOc1ccccc1OC1CCN(Cc2nc(-c3cccs3)no2)CC1. The van der Waals surface area contributed by atoms with Gasteiger partial charge in [-0.15, -0.1) is 11.3 Å². The van der Waals surface area contributed by atoms with Crippen molar-refractivity contribution in [2.45, 2.75) is 32.4 Å². The summed E-state index contributed by atoms with van der Waals surface area (Å²) in [5.41, 5.74) is 0. The van der Waals surface area contributed by atoms with Gasteiger partial charge in [0, 0.05) is 13.1 Å². The van der Waals surface area contributed by atoms with E-state index in [1.54, 1.807) is 11.3 Å². The highest BCUT2D eigenvalue weighted by Crippen LogP contribution is 2.29. The van der Waals surface area contributed by atoms with Crippen LogP contribution >= 0.6 is 11.3 Å². The van der Waals surface area contributed by atoms with Crippen molar-refractivity contribution in [1.82, 2.24) is 15.0 Å². The lowest BCUT2D eigenvalue weighted by Gasteiger charge is -2.31. The van der Waals surface area contributed by atoms with Gasteiger partial charge in [0.25, 0.3) is 0 Å². The molecule has 0 atom stereocenters. The zero-order valence-corrected chi connectivity index (χ0v) is 16.2. The van der Waals surface area contributed by atoms with Gasteiger partial charge in [0.2, 0.25) is 11.7 Å². The van der Waals surface area contributed by atoms with Crippen molar-refractivity contribution < 1.29 is 14.0 Å². The van der Waals surface area contributed by atoms with E-state index < -0.39 is 0 Å². The van der Waals surface area contributed by atoms with Crippen LogP contribution in [-0.2, 0) is 6.54 Å². The molecule has 0 radical (unpaired) electrons. The molecule has 1 saturated heterocycles. The summed E-state index contributed by atoms with van der Waals surface area (Å²) in [6, 6.07) is 11.9. The minimum atomic E-state index is 0.201. The number of benzene rings is 1. The summed E-state index contributed by atoms with van der Waals surface area (Å²) in [5, 5.41) is 6.09. The van der Waals surface area contributed by atoms with Crippen molar-refractivity contribution in [3.63, 3.8) is 0 Å². The van der Waals surface area contributed by atoms with Crippen LogP contribution in [0.2, 0.25) is 0 Å². The van der Waals surface area contributed by atoms with Gasteiger partial charge in [-0.05, 0) is 43.3 Å². The van der Waals surface area contributed by atoms with Gasteiger partial charge in [-0.1, -0.05) is 23.4 Å². The largest absolute Gasteiger partial charge is 0.490 e. The summed E-state index contributed by atoms with van der Waals surface area (Å²) >= 11 is 1.62. The predicted molar refractivity (Wildman–Crippen MR) is 104 cm³/mol. The molecular weight excluding hydrogens is 362 g/mol. The van der Waals surface area contributed by atoms with E-state index in [1.807, 2.05) is 48.7 Å². The van der Waals surface area contributed by atoms with E-state index in [1.165, 1.54) is 0 Å². The van der Waals surface area contributed by atoms with Gasteiger partial charge < -0.3 is 14.0 Å². The summed E-state index contributed by atoms with van der Waals surface area (Å²) < 4.78 is 17.3. The molecule has 6 nitrogen and oxygen atoms in total. The van der Waals surface area contributed by atoms with Gasteiger partial charge in [0.1, 0.15) is 6.10 Å². The van der Waals surface area contributed by atoms with Crippen LogP contribution in [0.25, 0.3) is 10.7 Å². The molecule has 0 saturated carbocycles. The monoisotopic (exact) mass is 385 g/mol. The molecule has 0 aliphatic carbocycles. The van der Waals surface area contributed by atoms with Crippen LogP contribution in [0.15, 0.2) is 46.3 Å². The lowest BCUT2D eigenvalue weighted by atomic mass is 10.1. The molecule has 142 valence electrons. The second-order valence-electron chi connectivity index (χ2n) is 6.46. The molecule has 0 unspecified atom stereocenters. The Morgan fingerprint density at radius 3 is 2.70 bits per heavy atom. The Hall–Kier alpha value is -2.38. The smallest absolute Gasteiger partial charge is 0.241 e. The standard InChI is InChI=1S/C20H23N3O3S/c1-2-24-16-6-3-4-7-17(16)25-15-9-11-23(12-10-15)14-19-21-20(22-26-19)18-8-5-13-27-18/h3-8,13,15H,2,9-12,14H2,1H3. The molecule has 4 rings (SSSR count). The molecule has 3 heterocycles. The van der Waals surface area contributed by atoms with Crippen molar-refractivity contribution >= 4 is 11.3 Å². The van der Waals surface area contributed by atoms with Crippen LogP contribution in [0.4, 0.5) is 0 Å². The maximum absolute atomic E-state index is 6.19. The summed E-state index contributed by atoms with van der Waals surface area (Å²) in [6.07, 6.45) is 2.13. The number of likely N-dealkylation sites (tertiary alicyclic amines) is 1. The third-order valence-electron chi connectivity index (χ3n) is 4.55. The van der Waals surface area contributed by atoms with Crippen molar-refractivity contribution in [2.24, 2.45) is 0 Å². The minimum Gasteiger partial charge on any atom is -0.490 e. The predicted octanol–water partition coefficient (Wildman–Crippen LogP) is 4.24. The Balaban J connectivity index is 1.29. The van der Waals surface area contributed by atoms with Crippen LogP contribution in [0.1, 0.15) is 25.7 Å². The van der Waals surface area contributed by atoms with E-state index >= 15 is 0 Å². The topological polar surface area (TPSA) is 60.6 Å². The number of piperidine rings is 1. The number of para-hydroxylation sites is 2. The highest BCUT2D eigenvalue weighted by atomic mass is 32.1. The molecule has 0 spiro atoms. The highest BCUT2D eigenvalue weighted by molar-refractivity contribution is 7.13. The molecule has 1 aliphatic rings. The minimum absolute atomic E-state index is 0.201. The molecule has 3 aromatic rings. The lowest BCUT2D eigenvalue weighted by molar-refractivity contribution is 0.0876. The fourth-order valence-corrected chi connectivity index (χ4v) is 3.85. The molecule has 1 fully saturated rings.